The number of aryl methyl sites for hydroxylation is 1. The van der Waals surface area contributed by atoms with E-state index < -0.39 is 0 Å². The molecule has 1 fully saturated rings. The van der Waals surface area contributed by atoms with Crippen LogP contribution in [0.15, 0.2) is 42.6 Å². The van der Waals surface area contributed by atoms with Gasteiger partial charge in [0.15, 0.2) is 5.82 Å². The average molecular weight is 336 g/mol. The molecule has 25 heavy (non-hydrogen) atoms. The lowest BCUT2D eigenvalue weighted by Crippen LogP contribution is -2.46. The van der Waals surface area contributed by atoms with Crippen LogP contribution in [0.4, 0.5) is 5.82 Å². The molecule has 0 spiro atoms. The Morgan fingerprint density at radius 3 is 2.88 bits per heavy atom. The van der Waals surface area contributed by atoms with Gasteiger partial charge in [-0.3, -0.25) is 4.90 Å². The summed E-state index contributed by atoms with van der Waals surface area (Å²) in [5, 5.41) is 8.28. The highest BCUT2D eigenvalue weighted by Gasteiger charge is 2.25. The Kier molecular flexibility index (Phi) is 4.36. The number of imidazole rings is 1. The van der Waals surface area contributed by atoms with Crippen LogP contribution in [-0.2, 0) is 13.6 Å². The van der Waals surface area contributed by atoms with Gasteiger partial charge in [-0.15, -0.1) is 5.10 Å². The van der Waals surface area contributed by atoms with Crippen molar-refractivity contribution in [2.75, 3.05) is 25.0 Å². The maximum Gasteiger partial charge on any atom is 0.151 e. The fourth-order valence-electron chi connectivity index (χ4n) is 3.67. The van der Waals surface area contributed by atoms with Crippen LogP contribution in [-0.4, -0.2) is 50.8 Å². The second kappa shape index (κ2) is 6.80. The van der Waals surface area contributed by atoms with Crippen LogP contribution in [0.1, 0.15) is 18.7 Å². The SMILES string of the molecule is CN(Cc1nc2ccccc2n1C)C1CCCN(c2cccnn2)C1. The van der Waals surface area contributed by atoms with Crippen LogP contribution in [0.25, 0.3) is 11.0 Å². The van der Waals surface area contributed by atoms with E-state index in [1.165, 1.54) is 18.4 Å². The molecule has 1 saturated heterocycles. The van der Waals surface area contributed by atoms with Gasteiger partial charge in [0.25, 0.3) is 0 Å². The fourth-order valence-corrected chi connectivity index (χ4v) is 3.67. The van der Waals surface area contributed by atoms with Gasteiger partial charge in [0.2, 0.25) is 0 Å². The molecule has 0 radical (unpaired) electrons. The first-order valence-corrected chi connectivity index (χ1v) is 8.85. The largest absolute Gasteiger partial charge is 0.354 e. The predicted molar refractivity (Wildman–Crippen MR) is 99.4 cm³/mol. The Balaban J connectivity index is 1.48. The third-order valence-corrected chi connectivity index (χ3v) is 5.17. The van der Waals surface area contributed by atoms with Crippen molar-refractivity contribution in [3.05, 3.63) is 48.4 Å². The molecular weight excluding hydrogens is 312 g/mol. The quantitative estimate of drug-likeness (QED) is 0.732. The number of aromatic nitrogens is 4. The molecule has 4 rings (SSSR count). The van der Waals surface area contributed by atoms with Crippen molar-refractivity contribution < 1.29 is 0 Å². The van der Waals surface area contributed by atoms with Gasteiger partial charge in [0.1, 0.15) is 5.82 Å². The molecule has 0 saturated carbocycles. The molecule has 0 aliphatic carbocycles. The van der Waals surface area contributed by atoms with Gasteiger partial charge in [-0.1, -0.05) is 12.1 Å². The van der Waals surface area contributed by atoms with E-state index in [-0.39, 0.29) is 0 Å². The minimum absolute atomic E-state index is 0.496. The number of rotatable bonds is 4. The van der Waals surface area contributed by atoms with Crippen LogP contribution in [0.2, 0.25) is 0 Å². The van der Waals surface area contributed by atoms with Crippen LogP contribution in [0.3, 0.4) is 0 Å². The van der Waals surface area contributed by atoms with Crippen molar-refractivity contribution in [3.63, 3.8) is 0 Å². The Morgan fingerprint density at radius 2 is 2.08 bits per heavy atom. The van der Waals surface area contributed by atoms with Crippen LogP contribution in [0, 0.1) is 0 Å². The highest BCUT2D eigenvalue weighted by molar-refractivity contribution is 5.75. The fraction of sp³-hybridized carbons (Fsp3) is 0.421. The van der Waals surface area contributed by atoms with Gasteiger partial charge in [-0.25, -0.2) is 4.98 Å². The summed E-state index contributed by atoms with van der Waals surface area (Å²) in [7, 11) is 4.30. The Labute approximate surface area is 148 Å². The normalized spacial score (nSPS) is 18.2. The van der Waals surface area contributed by atoms with Gasteiger partial charge in [0, 0.05) is 32.4 Å². The minimum Gasteiger partial charge on any atom is -0.354 e. The van der Waals surface area contributed by atoms with Crippen molar-refractivity contribution in [1.82, 2.24) is 24.6 Å². The third kappa shape index (κ3) is 3.22. The van der Waals surface area contributed by atoms with E-state index in [2.05, 4.69) is 56.9 Å². The summed E-state index contributed by atoms with van der Waals surface area (Å²) in [6, 6.07) is 12.8. The molecule has 1 unspecified atom stereocenters. The second-order valence-electron chi connectivity index (χ2n) is 6.81. The summed E-state index contributed by atoms with van der Waals surface area (Å²) in [5.74, 6) is 2.09. The van der Waals surface area contributed by atoms with Crippen molar-refractivity contribution >= 4 is 16.9 Å². The van der Waals surface area contributed by atoms with E-state index in [4.69, 9.17) is 4.98 Å². The number of hydrogen-bond donors (Lipinski definition) is 0. The number of fused-ring (bicyclic) bond motifs is 1. The Bertz CT molecular complexity index is 844. The lowest BCUT2D eigenvalue weighted by Gasteiger charge is -2.37. The minimum atomic E-state index is 0.496. The molecule has 1 aromatic carbocycles. The average Bonchev–Trinajstić information content (AvgIpc) is 2.98. The molecule has 3 aromatic rings. The molecule has 0 bridgehead atoms. The highest BCUT2D eigenvalue weighted by atomic mass is 15.3. The monoisotopic (exact) mass is 336 g/mol. The van der Waals surface area contributed by atoms with Gasteiger partial charge in [0.05, 0.1) is 17.6 Å². The zero-order chi connectivity index (χ0) is 17.2. The van der Waals surface area contributed by atoms with Crippen LogP contribution >= 0.6 is 0 Å². The summed E-state index contributed by atoms with van der Waals surface area (Å²) in [4.78, 5) is 9.57. The standard InChI is InChI=1S/C19H24N6/c1-23(14-19-21-16-8-3-4-9-17(16)24(19)2)15-7-6-12-25(13-15)18-10-5-11-20-22-18/h3-5,8-11,15H,6-7,12-14H2,1-2H3. The van der Waals surface area contributed by atoms with E-state index in [0.29, 0.717) is 6.04 Å². The van der Waals surface area contributed by atoms with Gasteiger partial charge < -0.3 is 9.47 Å². The number of hydrogen-bond acceptors (Lipinski definition) is 5. The van der Waals surface area contributed by atoms with E-state index >= 15 is 0 Å². The number of anilines is 1. The molecular formula is C19H24N6. The lowest BCUT2D eigenvalue weighted by molar-refractivity contribution is 0.201. The number of piperidine rings is 1. The van der Waals surface area contributed by atoms with Crippen molar-refractivity contribution in [2.24, 2.45) is 7.05 Å². The molecule has 1 atom stereocenters. The van der Waals surface area contributed by atoms with Gasteiger partial charge in [-0.05, 0) is 44.2 Å². The smallest absolute Gasteiger partial charge is 0.151 e. The first-order chi connectivity index (χ1) is 12.2. The second-order valence-corrected chi connectivity index (χ2v) is 6.81. The Hall–Kier alpha value is -2.47. The first-order valence-electron chi connectivity index (χ1n) is 8.85. The maximum atomic E-state index is 4.81. The number of likely N-dealkylation sites (N-methyl/N-ethyl adjacent to an activating group) is 1. The molecule has 0 N–H and O–H groups in total. The Morgan fingerprint density at radius 1 is 1.20 bits per heavy atom. The highest BCUT2D eigenvalue weighted by Crippen LogP contribution is 2.22. The number of benzene rings is 1. The van der Waals surface area contributed by atoms with Gasteiger partial charge >= 0.3 is 0 Å². The van der Waals surface area contributed by atoms with Gasteiger partial charge in [-0.2, -0.15) is 5.10 Å². The van der Waals surface area contributed by atoms with Crippen LogP contribution in [0.5, 0.6) is 0 Å². The van der Waals surface area contributed by atoms with E-state index in [1.54, 1.807) is 6.20 Å². The molecule has 130 valence electrons. The molecule has 6 heteroatoms. The van der Waals surface area contributed by atoms with E-state index in [1.807, 2.05) is 18.2 Å². The predicted octanol–water partition coefficient (Wildman–Crippen LogP) is 2.46. The summed E-state index contributed by atoms with van der Waals surface area (Å²) in [6.45, 7) is 2.89. The molecule has 1 aliphatic heterocycles. The first kappa shape index (κ1) is 16.0. The summed E-state index contributed by atoms with van der Waals surface area (Å²) in [5.41, 5.74) is 2.26. The number of para-hydroxylation sites is 2. The van der Waals surface area contributed by atoms with E-state index in [9.17, 15) is 0 Å². The van der Waals surface area contributed by atoms with Crippen molar-refractivity contribution in [2.45, 2.75) is 25.4 Å². The van der Waals surface area contributed by atoms with Crippen molar-refractivity contribution in [1.29, 1.82) is 0 Å². The maximum absolute atomic E-state index is 4.81. The molecule has 2 aromatic heterocycles. The topological polar surface area (TPSA) is 50.1 Å². The lowest BCUT2D eigenvalue weighted by atomic mass is 10.0. The molecule has 3 heterocycles. The summed E-state index contributed by atoms with van der Waals surface area (Å²) >= 11 is 0. The molecule has 0 amide bonds. The summed E-state index contributed by atoms with van der Waals surface area (Å²) < 4.78 is 2.20. The van der Waals surface area contributed by atoms with Crippen molar-refractivity contribution in [3.8, 4) is 0 Å². The molecule has 1 aliphatic rings. The zero-order valence-electron chi connectivity index (χ0n) is 14.8. The summed E-state index contributed by atoms with van der Waals surface area (Å²) in [6.07, 6.45) is 4.11. The van der Waals surface area contributed by atoms with E-state index in [0.717, 1.165) is 36.8 Å². The third-order valence-electron chi connectivity index (χ3n) is 5.17. The van der Waals surface area contributed by atoms with Crippen LogP contribution < -0.4 is 4.90 Å². The zero-order valence-corrected chi connectivity index (χ0v) is 14.8. The number of nitrogens with zero attached hydrogens (tertiary/aromatic N) is 6. The molecule has 6 nitrogen and oxygen atoms in total.